The van der Waals surface area contributed by atoms with Crippen LogP contribution in [0.1, 0.15) is 31.4 Å². The molecule has 2 atom stereocenters. The van der Waals surface area contributed by atoms with E-state index in [1.54, 1.807) is 7.11 Å². The van der Waals surface area contributed by atoms with E-state index in [0.717, 1.165) is 17.7 Å². The Hall–Kier alpha value is -0.770. The molecule has 0 spiro atoms. The summed E-state index contributed by atoms with van der Waals surface area (Å²) in [6, 6.07) is 7.16. The number of nitrogens with two attached hydrogens (primary N) is 1. The summed E-state index contributed by atoms with van der Waals surface area (Å²) in [7, 11) is 1.61. The normalized spacial score (nSPS) is 13.8. The molecule has 0 bridgehead atoms. The highest BCUT2D eigenvalue weighted by Crippen LogP contribution is 2.26. The Morgan fingerprint density at radius 2 is 2.00 bits per heavy atom. The van der Waals surface area contributed by atoms with Gasteiger partial charge in [-0.05, 0) is 12.5 Å². The number of para-hydroxylation sites is 1. The largest absolute Gasteiger partial charge is 0.496 e. The number of rotatable bonds is 5. The average molecular weight is 246 g/mol. The third kappa shape index (κ3) is 3.67. The molecule has 0 aliphatic rings. The van der Waals surface area contributed by atoms with Gasteiger partial charge in [0.05, 0.1) is 19.3 Å². The molecule has 0 aliphatic carbocycles. The Bertz CT molecular complexity index is 307. The molecule has 92 valence electrons. The molecular weight excluding hydrogens is 226 g/mol. The first-order valence-corrected chi connectivity index (χ1v) is 5.27. The molecule has 1 aromatic carbocycles. The molecule has 0 unspecified atom stereocenters. The van der Waals surface area contributed by atoms with Crippen LogP contribution >= 0.6 is 12.4 Å². The van der Waals surface area contributed by atoms with Crippen molar-refractivity contribution in [2.45, 2.75) is 31.9 Å². The van der Waals surface area contributed by atoms with E-state index in [1.165, 1.54) is 0 Å². The summed E-state index contributed by atoms with van der Waals surface area (Å²) in [5.74, 6) is 0.736. The number of aliphatic hydroxyl groups excluding tert-OH is 1. The monoisotopic (exact) mass is 245 g/mol. The van der Waals surface area contributed by atoms with E-state index in [0.29, 0.717) is 6.42 Å². The van der Waals surface area contributed by atoms with Crippen molar-refractivity contribution in [2.75, 3.05) is 7.11 Å². The van der Waals surface area contributed by atoms with Gasteiger partial charge in [0.2, 0.25) is 0 Å². The van der Waals surface area contributed by atoms with Crippen LogP contribution in [-0.2, 0) is 0 Å². The van der Waals surface area contributed by atoms with Crippen molar-refractivity contribution in [3.63, 3.8) is 0 Å². The first-order chi connectivity index (χ1) is 7.20. The molecule has 0 heterocycles. The van der Waals surface area contributed by atoms with Crippen molar-refractivity contribution in [3.05, 3.63) is 29.8 Å². The Morgan fingerprint density at radius 3 is 2.56 bits per heavy atom. The molecule has 0 aromatic heterocycles. The molecule has 0 saturated carbocycles. The Morgan fingerprint density at radius 1 is 1.38 bits per heavy atom. The minimum atomic E-state index is -0.508. The molecule has 0 fully saturated rings. The van der Waals surface area contributed by atoms with E-state index >= 15 is 0 Å². The van der Waals surface area contributed by atoms with Gasteiger partial charge in [0.1, 0.15) is 5.75 Å². The maximum atomic E-state index is 9.81. The number of methoxy groups -OCH3 is 1. The van der Waals surface area contributed by atoms with E-state index in [9.17, 15) is 5.11 Å². The topological polar surface area (TPSA) is 55.5 Å². The van der Waals surface area contributed by atoms with Crippen LogP contribution in [0.5, 0.6) is 5.75 Å². The van der Waals surface area contributed by atoms with Gasteiger partial charge in [-0.25, -0.2) is 0 Å². The van der Waals surface area contributed by atoms with Crippen molar-refractivity contribution in [1.29, 1.82) is 0 Å². The van der Waals surface area contributed by atoms with Gasteiger partial charge >= 0.3 is 0 Å². The Labute approximate surface area is 103 Å². The zero-order valence-electron chi connectivity index (χ0n) is 9.72. The summed E-state index contributed by atoms with van der Waals surface area (Å²) >= 11 is 0. The second-order valence-electron chi connectivity index (χ2n) is 3.62. The number of hydrogen-bond donors (Lipinski definition) is 2. The molecule has 1 aromatic rings. The molecule has 0 saturated heterocycles. The second-order valence-corrected chi connectivity index (χ2v) is 3.62. The van der Waals surface area contributed by atoms with Gasteiger partial charge in [0.25, 0.3) is 0 Å². The zero-order valence-corrected chi connectivity index (χ0v) is 10.5. The lowest BCUT2D eigenvalue weighted by atomic mass is 9.98. The quantitative estimate of drug-likeness (QED) is 0.837. The van der Waals surface area contributed by atoms with Crippen LogP contribution in [0, 0.1) is 0 Å². The first kappa shape index (κ1) is 15.2. The molecular formula is C12H20ClNO2. The summed E-state index contributed by atoms with van der Waals surface area (Å²) < 4.78 is 5.20. The maximum Gasteiger partial charge on any atom is 0.123 e. The number of aliphatic hydroxyl groups is 1. The number of hydrogen-bond acceptors (Lipinski definition) is 3. The highest BCUT2D eigenvalue weighted by atomic mass is 35.5. The minimum absolute atomic E-state index is 0. The van der Waals surface area contributed by atoms with E-state index in [1.807, 2.05) is 31.2 Å². The lowest BCUT2D eigenvalue weighted by molar-refractivity contribution is 0.133. The molecule has 3 nitrogen and oxygen atoms in total. The average Bonchev–Trinajstić information content (AvgIpc) is 2.28. The summed E-state index contributed by atoms with van der Waals surface area (Å²) in [6.45, 7) is 2.03. The van der Waals surface area contributed by atoms with Crippen molar-refractivity contribution >= 4 is 12.4 Å². The molecule has 4 heteroatoms. The second kappa shape index (κ2) is 7.49. The molecule has 0 aliphatic heterocycles. The predicted molar refractivity (Wildman–Crippen MR) is 68.1 cm³/mol. The van der Waals surface area contributed by atoms with Crippen LogP contribution in [-0.4, -0.2) is 18.3 Å². The van der Waals surface area contributed by atoms with Gasteiger partial charge in [-0.2, -0.15) is 0 Å². The molecule has 1 rings (SSSR count). The maximum absolute atomic E-state index is 9.81. The fourth-order valence-electron chi connectivity index (χ4n) is 1.62. The van der Waals surface area contributed by atoms with Gasteiger partial charge in [-0.3, -0.25) is 0 Å². The van der Waals surface area contributed by atoms with Crippen molar-refractivity contribution in [3.8, 4) is 5.75 Å². The summed E-state index contributed by atoms with van der Waals surface area (Å²) in [5.41, 5.74) is 6.83. The Kier molecular flexibility index (Phi) is 7.13. The van der Waals surface area contributed by atoms with Gasteiger partial charge in [-0.1, -0.05) is 31.5 Å². The van der Waals surface area contributed by atoms with Crippen LogP contribution in [0.15, 0.2) is 24.3 Å². The molecule has 0 radical (unpaired) electrons. The number of benzene rings is 1. The van der Waals surface area contributed by atoms with Gasteiger partial charge in [0, 0.05) is 5.56 Å². The lowest BCUT2D eigenvalue weighted by Crippen LogP contribution is -2.26. The number of ether oxygens (including phenoxy) is 1. The lowest BCUT2D eigenvalue weighted by Gasteiger charge is -2.20. The Balaban J connectivity index is 0.00000225. The van der Waals surface area contributed by atoms with E-state index in [-0.39, 0.29) is 18.4 Å². The van der Waals surface area contributed by atoms with E-state index in [4.69, 9.17) is 10.5 Å². The van der Waals surface area contributed by atoms with Crippen molar-refractivity contribution < 1.29 is 9.84 Å². The molecule has 3 N–H and O–H groups in total. The summed E-state index contributed by atoms with van der Waals surface area (Å²) in [6.07, 6.45) is 1.12. The van der Waals surface area contributed by atoms with Crippen LogP contribution in [0.2, 0.25) is 0 Å². The van der Waals surface area contributed by atoms with Gasteiger partial charge in [-0.15, -0.1) is 12.4 Å². The van der Waals surface area contributed by atoms with Crippen LogP contribution in [0.4, 0.5) is 0 Å². The zero-order chi connectivity index (χ0) is 11.3. The smallest absolute Gasteiger partial charge is 0.123 e. The van der Waals surface area contributed by atoms with Crippen molar-refractivity contribution in [1.82, 2.24) is 0 Å². The molecule has 0 amide bonds. The fourth-order valence-corrected chi connectivity index (χ4v) is 1.62. The fraction of sp³-hybridized carbons (Fsp3) is 0.500. The van der Waals surface area contributed by atoms with Gasteiger partial charge in [0.15, 0.2) is 0 Å². The van der Waals surface area contributed by atoms with E-state index < -0.39 is 6.10 Å². The predicted octanol–water partition coefficient (Wildman–Crippen LogP) is 2.28. The standard InChI is InChI=1S/C12H19NO2.ClH/c1-3-6-10(14)12(13)9-7-4-5-8-11(9)15-2;/h4-5,7-8,10,12,14H,3,6,13H2,1-2H3;1H/t10-,12+;/m0./s1. The SMILES string of the molecule is CCC[C@H](O)[C@H](N)c1ccccc1OC.Cl. The highest BCUT2D eigenvalue weighted by Gasteiger charge is 2.18. The van der Waals surface area contributed by atoms with Crippen LogP contribution in [0.25, 0.3) is 0 Å². The summed E-state index contributed by atoms with van der Waals surface area (Å²) in [5, 5.41) is 9.81. The first-order valence-electron chi connectivity index (χ1n) is 5.27. The van der Waals surface area contributed by atoms with Crippen LogP contribution < -0.4 is 10.5 Å². The highest BCUT2D eigenvalue weighted by molar-refractivity contribution is 5.85. The molecule has 16 heavy (non-hydrogen) atoms. The van der Waals surface area contributed by atoms with Crippen molar-refractivity contribution in [2.24, 2.45) is 5.73 Å². The third-order valence-corrected chi connectivity index (χ3v) is 2.50. The van der Waals surface area contributed by atoms with E-state index in [2.05, 4.69) is 0 Å². The van der Waals surface area contributed by atoms with Gasteiger partial charge < -0.3 is 15.6 Å². The summed E-state index contributed by atoms with van der Waals surface area (Å²) in [4.78, 5) is 0. The third-order valence-electron chi connectivity index (χ3n) is 2.50. The van der Waals surface area contributed by atoms with Crippen LogP contribution in [0.3, 0.4) is 0 Å². The minimum Gasteiger partial charge on any atom is -0.496 e. The number of halogens is 1.